The van der Waals surface area contributed by atoms with E-state index in [1.54, 1.807) is 0 Å². The van der Waals surface area contributed by atoms with E-state index in [4.69, 9.17) is 4.74 Å². The first-order chi connectivity index (χ1) is 4.66. The normalized spacial score (nSPS) is 34.2. The van der Waals surface area contributed by atoms with E-state index in [1.807, 2.05) is 0 Å². The summed E-state index contributed by atoms with van der Waals surface area (Å²) in [6.07, 6.45) is 6.79. The van der Waals surface area contributed by atoms with Crippen LogP contribution in [0.15, 0.2) is 0 Å². The van der Waals surface area contributed by atoms with Crippen LogP contribution in [0.5, 0.6) is 0 Å². The summed E-state index contributed by atoms with van der Waals surface area (Å²) in [7, 11) is 0. The van der Waals surface area contributed by atoms with Gasteiger partial charge >= 0.3 is 0 Å². The average Bonchev–Trinajstić information content (AvgIpc) is 2.36. The molecule has 1 aliphatic heterocycles. The van der Waals surface area contributed by atoms with Gasteiger partial charge in [0, 0.05) is 0 Å². The van der Waals surface area contributed by atoms with Crippen molar-refractivity contribution in [1.82, 2.24) is 0 Å². The molecule has 1 nitrogen and oxygen atoms in total. The van der Waals surface area contributed by atoms with Gasteiger partial charge < -0.3 is 4.74 Å². The van der Waals surface area contributed by atoms with Crippen molar-refractivity contribution in [3.63, 3.8) is 0 Å². The summed E-state index contributed by atoms with van der Waals surface area (Å²) in [4.78, 5) is 0. The third-order valence-electron chi connectivity index (χ3n) is 3.17. The Hall–Kier alpha value is -0.0400. The minimum atomic E-state index is 0.216. The largest absolute Gasteiger partial charge is 0.363 e. The molecule has 0 unspecified atom stereocenters. The van der Waals surface area contributed by atoms with Crippen molar-refractivity contribution in [3.05, 3.63) is 0 Å². The van der Waals surface area contributed by atoms with Gasteiger partial charge in [-0.3, -0.25) is 0 Å². The van der Waals surface area contributed by atoms with Crippen LogP contribution < -0.4 is 0 Å². The maximum absolute atomic E-state index is 5.73. The molecule has 1 saturated carbocycles. The minimum absolute atomic E-state index is 0.216. The SMILES string of the molecule is CC1(C)OC12CCCCC2. The summed E-state index contributed by atoms with van der Waals surface area (Å²) < 4.78 is 5.73. The first-order valence-electron chi connectivity index (χ1n) is 4.37. The van der Waals surface area contributed by atoms with Crippen molar-refractivity contribution in [2.45, 2.75) is 57.2 Å². The highest BCUT2D eigenvalue weighted by atomic mass is 16.6. The molecule has 0 aromatic rings. The van der Waals surface area contributed by atoms with Crippen LogP contribution in [0.4, 0.5) is 0 Å². The van der Waals surface area contributed by atoms with Crippen molar-refractivity contribution in [3.8, 4) is 0 Å². The van der Waals surface area contributed by atoms with E-state index in [0.717, 1.165) is 0 Å². The summed E-state index contributed by atoms with van der Waals surface area (Å²) in [5.74, 6) is 0. The predicted molar refractivity (Wildman–Crippen MR) is 41.0 cm³/mol. The third kappa shape index (κ3) is 0.731. The van der Waals surface area contributed by atoms with E-state index in [0.29, 0.717) is 5.60 Å². The molecule has 58 valence electrons. The van der Waals surface area contributed by atoms with Crippen molar-refractivity contribution in [2.24, 2.45) is 0 Å². The van der Waals surface area contributed by atoms with Crippen LogP contribution in [-0.4, -0.2) is 11.2 Å². The highest BCUT2D eigenvalue weighted by molar-refractivity contribution is 5.11. The molecule has 0 N–H and O–H groups in total. The van der Waals surface area contributed by atoms with Gasteiger partial charge in [0.25, 0.3) is 0 Å². The van der Waals surface area contributed by atoms with Gasteiger partial charge in [0.1, 0.15) is 0 Å². The van der Waals surface area contributed by atoms with Crippen LogP contribution in [0.3, 0.4) is 0 Å². The van der Waals surface area contributed by atoms with E-state index >= 15 is 0 Å². The molecule has 0 bridgehead atoms. The number of epoxide rings is 1. The molecule has 2 fully saturated rings. The van der Waals surface area contributed by atoms with Crippen LogP contribution in [0.25, 0.3) is 0 Å². The Balaban J connectivity index is 2.05. The smallest absolute Gasteiger partial charge is 0.0974 e. The van der Waals surface area contributed by atoms with E-state index in [1.165, 1.54) is 32.1 Å². The summed E-state index contributed by atoms with van der Waals surface area (Å²) in [5.41, 5.74) is 0.540. The fourth-order valence-corrected chi connectivity index (χ4v) is 2.29. The molecule has 0 radical (unpaired) electrons. The van der Waals surface area contributed by atoms with Crippen molar-refractivity contribution < 1.29 is 4.74 Å². The molecule has 2 rings (SSSR count). The van der Waals surface area contributed by atoms with Crippen LogP contribution in [-0.2, 0) is 4.74 Å². The zero-order valence-electron chi connectivity index (χ0n) is 6.94. The Labute approximate surface area is 62.8 Å². The molecule has 1 spiro atoms. The Morgan fingerprint density at radius 2 is 1.50 bits per heavy atom. The van der Waals surface area contributed by atoms with Crippen LogP contribution in [0, 0.1) is 0 Å². The average molecular weight is 140 g/mol. The lowest BCUT2D eigenvalue weighted by Crippen LogP contribution is -2.23. The number of hydrogen-bond acceptors (Lipinski definition) is 1. The second-order valence-corrected chi connectivity index (χ2v) is 4.17. The summed E-state index contributed by atoms with van der Waals surface area (Å²) in [5, 5.41) is 0. The van der Waals surface area contributed by atoms with E-state index < -0.39 is 0 Å². The van der Waals surface area contributed by atoms with E-state index in [2.05, 4.69) is 13.8 Å². The fourth-order valence-electron chi connectivity index (χ4n) is 2.29. The monoisotopic (exact) mass is 140 g/mol. The molecule has 1 heterocycles. The topological polar surface area (TPSA) is 12.5 Å². The van der Waals surface area contributed by atoms with Crippen molar-refractivity contribution >= 4 is 0 Å². The molecule has 0 amide bonds. The van der Waals surface area contributed by atoms with Gasteiger partial charge in [0.05, 0.1) is 11.2 Å². The highest BCUT2D eigenvalue weighted by Crippen LogP contribution is 2.55. The Morgan fingerprint density at radius 3 is 1.80 bits per heavy atom. The standard InChI is InChI=1S/C9H16O/c1-8(2)9(10-8)6-4-3-5-7-9/h3-7H2,1-2H3. The van der Waals surface area contributed by atoms with Gasteiger partial charge in [0.2, 0.25) is 0 Å². The maximum Gasteiger partial charge on any atom is 0.0974 e. The molecular formula is C9H16O. The first-order valence-corrected chi connectivity index (χ1v) is 4.37. The van der Waals surface area contributed by atoms with Gasteiger partial charge in [-0.25, -0.2) is 0 Å². The zero-order valence-corrected chi connectivity index (χ0v) is 6.94. The molecule has 0 aromatic carbocycles. The number of hydrogen-bond donors (Lipinski definition) is 0. The van der Waals surface area contributed by atoms with Gasteiger partial charge in [-0.15, -0.1) is 0 Å². The summed E-state index contributed by atoms with van der Waals surface area (Å²) in [6.45, 7) is 4.44. The molecule has 1 saturated heterocycles. The van der Waals surface area contributed by atoms with Crippen LogP contribution in [0.2, 0.25) is 0 Å². The quantitative estimate of drug-likeness (QED) is 0.471. The van der Waals surface area contributed by atoms with E-state index in [9.17, 15) is 0 Å². The Morgan fingerprint density at radius 1 is 1.00 bits per heavy atom. The maximum atomic E-state index is 5.73. The molecule has 1 heteroatoms. The lowest BCUT2D eigenvalue weighted by molar-refractivity contribution is 0.227. The molecule has 1 aliphatic carbocycles. The second-order valence-electron chi connectivity index (χ2n) is 4.17. The Kier molecular flexibility index (Phi) is 1.17. The van der Waals surface area contributed by atoms with Gasteiger partial charge in [0.15, 0.2) is 0 Å². The molecule has 0 atom stereocenters. The van der Waals surface area contributed by atoms with Gasteiger partial charge in [-0.2, -0.15) is 0 Å². The molecule has 0 aromatic heterocycles. The Bertz CT molecular complexity index is 143. The first kappa shape index (κ1) is 6.66. The van der Waals surface area contributed by atoms with Crippen molar-refractivity contribution in [1.29, 1.82) is 0 Å². The van der Waals surface area contributed by atoms with E-state index in [-0.39, 0.29) is 5.60 Å². The molecule has 2 aliphatic rings. The molecule has 10 heavy (non-hydrogen) atoms. The summed E-state index contributed by atoms with van der Waals surface area (Å²) in [6, 6.07) is 0. The predicted octanol–water partition coefficient (Wildman–Crippen LogP) is 2.50. The summed E-state index contributed by atoms with van der Waals surface area (Å²) >= 11 is 0. The van der Waals surface area contributed by atoms with Crippen LogP contribution >= 0.6 is 0 Å². The second kappa shape index (κ2) is 1.76. The fraction of sp³-hybridized carbons (Fsp3) is 1.00. The van der Waals surface area contributed by atoms with Gasteiger partial charge in [-0.1, -0.05) is 19.3 Å². The lowest BCUT2D eigenvalue weighted by Gasteiger charge is -2.19. The minimum Gasteiger partial charge on any atom is -0.363 e. The lowest BCUT2D eigenvalue weighted by atomic mass is 9.82. The highest BCUT2D eigenvalue weighted by Gasteiger charge is 2.62. The number of rotatable bonds is 0. The number of ether oxygens (including phenoxy) is 1. The molecular weight excluding hydrogens is 124 g/mol. The van der Waals surface area contributed by atoms with Crippen LogP contribution in [0.1, 0.15) is 46.0 Å². The zero-order chi connectivity index (χ0) is 7.24. The van der Waals surface area contributed by atoms with Gasteiger partial charge in [-0.05, 0) is 26.7 Å². The third-order valence-corrected chi connectivity index (χ3v) is 3.17. The van der Waals surface area contributed by atoms with Crippen molar-refractivity contribution in [2.75, 3.05) is 0 Å².